The van der Waals surface area contributed by atoms with Crippen LogP contribution in [0.25, 0.3) is 10.7 Å². The molecule has 0 bridgehead atoms. The van der Waals surface area contributed by atoms with Gasteiger partial charge in [0.05, 0.1) is 5.69 Å². The smallest absolute Gasteiger partial charge is 0.151 e. The lowest BCUT2D eigenvalue weighted by molar-refractivity contribution is 1.26. The topological polar surface area (TPSA) is 66.7 Å². The quantitative estimate of drug-likeness (QED) is 0.483. The summed E-state index contributed by atoms with van der Waals surface area (Å²) in [4.78, 5) is 7.29. The maximum Gasteiger partial charge on any atom is 0.151 e. The van der Waals surface area contributed by atoms with Crippen LogP contribution in [0.4, 0.5) is 5.82 Å². The standard InChI is InChI=1S/C7H8N4S/c8-11-6-4-12-7(10-6)5-2-1-3-9-5/h1-4,9,11H,8H2. The van der Waals surface area contributed by atoms with Crippen molar-refractivity contribution < 1.29 is 0 Å². The Labute approximate surface area is 73.4 Å². The molecule has 0 aliphatic heterocycles. The molecule has 2 heterocycles. The minimum atomic E-state index is 0.699. The molecule has 0 saturated carbocycles. The summed E-state index contributed by atoms with van der Waals surface area (Å²) in [6.45, 7) is 0. The predicted octanol–water partition coefficient (Wildman–Crippen LogP) is 1.42. The number of hydrazine groups is 1. The van der Waals surface area contributed by atoms with Crippen molar-refractivity contribution >= 4 is 17.2 Å². The lowest BCUT2D eigenvalue weighted by atomic mass is 10.4. The summed E-state index contributed by atoms with van der Waals surface area (Å²) in [6, 6.07) is 3.91. The number of aromatic nitrogens is 2. The Hall–Kier alpha value is -1.33. The Bertz CT molecular complexity index is 351. The van der Waals surface area contributed by atoms with Crippen molar-refractivity contribution in [1.82, 2.24) is 9.97 Å². The van der Waals surface area contributed by atoms with Crippen LogP contribution in [-0.2, 0) is 0 Å². The second-order valence-electron chi connectivity index (χ2n) is 2.27. The van der Waals surface area contributed by atoms with E-state index in [9.17, 15) is 0 Å². The summed E-state index contributed by atoms with van der Waals surface area (Å²) in [5, 5.41) is 2.81. The highest BCUT2D eigenvalue weighted by Crippen LogP contribution is 2.23. The molecule has 4 N–H and O–H groups in total. The molecule has 12 heavy (non-hydrogen) atoms. The van der Waals surface area contributed by atoms with Crippen LogP contribution >= 0.6 is 11.3 Å². The van der Waals surface area contributed by atoms with Crippen LogP contribution in [0.15, 0.2) is 23.7 Å². The van der Waals surface area contributed by atoms with E-state index in [4.69, 9.17) is 5.84 Å². The van der Waals surface area contributed by atoms with Crippen molar-refractivity contribution in [3.05, 3.63) is 23.7 Å². The van der Waals surface area contributed by atoms with Crippen molar-refractivity contribution in [2.24, 2.45) is 5.84 Å². The normalized spacial score (nSPS) is 10.1. The molecular weight excluding hydrogens is 172 g/mol. The van der Waals surface area contributed by atoms with Crippen LogP contribution in [0.5, 0.6) is 0 Å². The molecule has 0 spiro atoms. The maximum atomic E-state index is 5.20. The average Bonchev–Trinajstić information content (AvgIpc) is 2.75. The van der Waals surface area contributed by atoms with Crippen LogP contribution in [0.1, 0.15) is 0 Å². The number of hydrogen-bond donors (Lipinski definition) is 3. The summed E-state index contributed by atoms with van der Waals surface area (Å²) in [7, 11) is 0. The number of nitrogens with one attached hydrogen (secondary N) is 2. The number of nitrogens with two attached hydrogens (primary N) is 1. The molecule has 2 rings (SSSR count). The Balaban J connectivity index is 2.35. The molecule has 0 aromatic carbocycles. The van der Waals surface area contributed by atoms with E-state index in [0.717, 1.165) is 10.7 Å². The first-order valence-corrected chi connectivity index (χ1v) is 4.34. The molecule has 4 nitrogen and oxygen atoms in total. The molecular formula is C7H8N4S. The monoisotopic (exact) mass is 180 g/mol. The van der Waals surface area contributed by atoms with E-state index in [1.807, 2.05) is 23.7 Å². The molecule has 2 aromatic heterocycles. The van der Waals surface area contributed by atoms with Crippen LogP contribution in [0.2, 0.25) is 0 Å². The summed E-state index contributed by atoms with van der Waals surface area (Å²) in [5.41, 5.74) is 3.51. The van der Waals surface area contributed by atoms with Crippen LogP contribution in [0, 0.1) is 0 Å². The van der Waals surface area contributed by atoms with Gasteiger partial charge in [0, 0.05) is 11.6 Å². The second kappa shape index (κ2) is 2.96. The Morgan fingerprint density at radius 3 is 3.08 bits per heavy atom. The Kier molecular flexibility index (Phi) is 1.81. The number of aromatic amines is 1. The van der Waals surface area contributed by atoms with E-state index in [2.05, 4.69) is 15.4 Å². The molecule has 5 heteroatoms. The van der Waals surface area contributed by atoms with Gasteiger partial charge in [0.2, 0.25) is 0 Å². The van der Waals surface area contributed by atoms with E-state index >= 15 is 0 Å². The first-order chi connectivity index (χ1) is 5.90. The zero-order valence-corrected chi connectivity index (χ0v) is 7.06. The fourth-order valence-electron chi connectivity index (χ4n) is 0.927. The van der Waals surface area contributed by atoms with Gasteiger partial charge >= 0.3 is 0 Å². The Morgan fingerprint density at radius 1 is 1.58 bits per heavy atom. The van der Waals surface area contributed by atoms with Crippen LogP contribution < -0.4 is 11.3 Å². The van der Waals surface area contributed by atoms with E-state index in [1.54, 1.807) is 11.3 Å². The molecule has 0 aliphatic rings. The van der Waals surface area contributed by atoms with Crippen molar-refractivity contribution in [1.29, 1.82) is 0 Å². The SMILES string of the molecule is NNc1csc(-c2ccc[nH]2)n1. The molecule has 0 aliphatic carbocycles. The lowest BCUT2D eigenvalue weighted by Gasteiger charge is -1.89. The van der Waals surface area contributed by atoms with Crippen molar-refractivity contribution in [2.45, 2.75) is 0 Å². The van der Waals surface area contributed by atoms with Gasteiger partial charge in [-0.05, 0) is 12.1 Å². The van der Waals surface area contributed by atoms with Gasteiger partial charge in [-0.3, -0.25) is 0 Å². The second-order valence-corrected chi connectivity index (χ2v) is 3.12. The number of nitrogens with zero attached hydrogens (tertiary/aromatic N) is 1. The highest BCUT2D eigenvalue weighted by Gasteiger charge is 2.02. The van der Waals surface area contributed by atoms with Gasteiger partial charge in [0.1, 0.15) is 5.01 Å². The fraction of sp³-hybridized carbons (Fsp3) is 0. The highest BCUT2D eigenvalue weighted by molar-refractivity contribution is 7.13. The third kappa shape index (κ3) is 1.19. The number of rotatable bonds is 2. The van der Waals surface area contributed by atoms with Gasteiger partial charge in [-0.25, -0.2) is 10.8 Å². The van der Waals surface area contributed by atoms with Crippen molar-refractivity contribution in [3.8, 4) is 10.7 Å². The molecule has 0 atom stereocenters. The van der Waals surface area contributed by atoms with Gasteiger partial charge in [-0.2, -0.15) is 0 Å². The molecule has 0 fully saturated rings. The van der Waals surface area contributed by atoms with E-state index in [1.165, 1.54) is 0 Å². The number of anilines is 1. The molecule has 2 aromatic rings. The molecule has 0 radical (unpaired) electrons. The van der Waals surface area contributed by atoms with Crippen molar-refractivity contribution in [2.75, 3.05) is 5.43 Å². The third-order valence-electron chi connectivity index (χ3n) is 1.48. The summed E-state index contributed by atoms with van der Waals surface area (Å²) >= 11 is 1.55. The first-order valence-electron chi connectivity index (χ1n) is 3.46. The fourth-order valence-corrected chi connectivity index (χ4v) is 1.68. The van der Waals surface area contributed by atoms with Crippen LogP contribution in [0.3, 0.4) is 0 Å². The zero-order valence-electron chi connectivity index (χ0n) is 6.24. The number of H-pyrrole nitrogens is 1. The number of thiazole rings is 1. The van der Waals surface area contributed by atoms with E-state index < -0.39 is 0 Å². The Morgan fingerprint density at radius 2 is 2.50 bits per heavy atom. The number of nitrogen functional groups attached to an aromatic ring is 1. The van der Waals surface area contributed by atoms with E-state index in [0.29, 0.717) is 5.82 Å². The minimum absolute atomic E-state index is 0.699. The summed E-state index contributed by atoms with van der Waals surface area (Å²) in [6.07, 6.45) is 1.87. The van der Waals surface area contributed by atoms with Gasteiger partial charge in [0.15, 0.2) is 5.82 Å². The van der Waals surface area contributed by atoms with Gasteiger partial charge < -0.3 is 10.4 Å². The maximum absolute atomic E-state index is 5.20. The van der Waals surface area contributed by atoms with Gasteiger partial charge in [-0.15, -0.1) is 11.3 Å². The molecule has 0 saturated heterocycles. The largest absolute Gasteiger partial charge is 0.359 e. The van der Waals surface area contributed by atoms with Crippen LogP contribution in [-0.4, -0.2) is 9.97 Å². The minimum Gasteiger partial charge on any atom is -0.359 e. The summed E-state index contributed by atoms with van der Waals surface area (Å²) < 4.78 is 0. The number of hydrogen-bond acceptors (Lipinski definition) is 4. The average molecular weight is 180 g/mol. The third-order valence-corrected chi connectivity index (χ3v) is 2.36. The van der Waals surface area contributed by atoms with Gasteiger partial charge in [-0.1, -0.05) is 0 Å². The zero-order chi connectivity index (χ0) is 8.39. The van der Waals surface area contributed by atoms with E-state index in [-0.39, 0.29) is 0 Å². The lowest BCUT2D eigenvalue weighted by Crippen LogP contribution is -2.06. The first kappa shape index (κ1) is 7.33. The van der Waals surface area contributed by atoms with Gasteiger partial charge in [0.25, 0.3) is 0 Å². The molecule has 0 unspecified atom stereocenters. The highest BCUT2D eigenvalue weighted by atomic mass is 32.1. The molecule has 62 valence electrons. The molecule has 0 amide bonds. The van der Waals surface area contributed by atoms with Crippen molar-refractivity contribution in [3.63, 3.8) is 0 Å². The predicted molar refractivity (Wildman–Crippen MR) is 49.7 cm³/mol. The summed E-state index contributed by atoms with van der Waals surface area (Å²) in [5.74, 6) is 5.90.